The number of nitro groups is 2. The molecule has 8 heteroatoms. The van der Waals surface area contributed by atoms with Crippen LogP contribution in [0.15, 0.2) is 34.9 Å². The summed E-state index contributed by atoms with van der Waals surface area (Å²) in [5.41, 5.74) is 4.41. The van der Waals surface area contributed by atoms with Crippen molar-refractivity contribution in [1.82, 2.24) is 0 Å². The lowest BCUT2D eigenvalue weighted by atomic mass is 9.72. The maximum atomic E-state index is 11.2. The molecule has 0 amide bonds. The van der Waals surface area contributed by atoms with Gasteiger partial charge in [0.2, 0.25) is 0 Å². The molecular formula is C18H22N4O4. The molecule has 1 aromatic rings. The van der Waals surface area contributed by atoms with Crippen molar-refractivity contribution in [2.24, 2.45) is 22.4 Å². The van der Waals surface area contributed by atoms with Crippen molar-refractivity contribution in [3.63, 3.8) is 0 Å². The second kappa shape index (κ2) is 6.51. The van der Waals surface area contributed by atoms with E-state index in [9.17, 15) is 20.2 Å². The van der Waals surface area contributed by atoms with Gasteiger partial charge in [-0.05, 0) is 55.6 Å². The molecule has 0 heterocycles. The van der Waals surface area contributed by atoms with E-state index in [0.29, 0.717) is 5.92 Å². The number of non-ortho nitro benzene ring substituents is 1. The lowest BCUT2D eigenvalue weighted by molar-refractivity contribution is -0.393. The number of nitrogens with zero attached hydrogens (tertiary/aromatic N) is 3. The molecule has 1 aromatic carbocycles. The fraction of sp³-hybridized carbons (Fsp3) is 0.500. The monoisotopic (exact) mass is 358 g/mol. The summed E-state index contributed by atoms with van der Waals surface area (Å²) in [6, 6.07) is 3.46. The van der Waals surface area contributed by atoms with Gasteiger partial charge in [0.1, 0.15) is 5.69 Å². The van der Waals surface area contributed by atoms with Crippen LogP contribution in [0.4, 0.5) is 17.1 Å². The summed E-state index contributed by atoms with van der Waals surface area (Å²) in [4.78, 5) is 20.7. The molecule has 2 fully saturated rings. The fourth-order valence-electron chi connectivity index (χ4n) is 4.27. The van der Waals surface area contributed by atoms with Crippen molar-refractivity contribution in [2.45, 2.75) is 40.0 Å². The van der Waals surface area contributed by atoms with E-state index >= 15 is 0 Å². The minimum Gasteiger partial charge on any atom is -0.271 e. The first-order valence-electron chi connectivity index (χ1n) is 8.65. The van der Waals surface area contributed by atoms with Crippen LogP contribution < -0.4 is 5.43 Å². The van der Waals surface area contributed by atoms with Crippen molar-refractivity contribution in [2.75, 3.05) is 5.43 Å². The molecule has 3 rings (SSSR count). The molecule has 2 bridgehead atoms. The van der Waals surface area contributed by atoms with Crippen molar-refractivity contribution in [1.29, 1.82) is 0 Å². The van der Waals surface area contributed by atoms with E-state index in [-0.39, 0.29) is 22.5 Å². The number of allylic oxidation sites excluding steroid dienone is 2. The lowest BCUT2D eigenvalue weighted by Crippen LogP contribution is -2.23. The van der Waals surface area contributed by atoms with Crippen LogP contribution in [0.3, 0.4) is 0 Å². The van der Waals surface area contributed by atoms with Crippen LogP contribution in [0.5, 0.6) is 0 Å². The first-order valence-corrected chi connectivity index (χ1v) is 8.65. The maximum Gasteiger partial charge on any atom is 0.301 e. The zero-order valence-corrected chi connectivity index (χ0v) is 15.1. The summed E-state index contributed by atoms with van der Waals surface area (Å²) in [5.74, 6) is 1.32. The zero-order chi connectivity index (χ0) is 19.1. The van der Waals surface area contributed by atoms with Crippen LogP contribution in [0.1, 0.15) is 40.0 Å². The molecule has 0 radical (unpaired) electrons. The lowest BCUT2D eigenvalue weighted by Gasteiger charge is -2.32. The third kappa shape index (κ3) is 3.18. The average Bonchev–Trinajstić information content (AvgIpc) is 3.14. The third-order valence-corrected chi connectivity index (χ3v) is 5.74. The van der Waals surface area contributed by atoms with Crippen molar-refractivity contribution >= 4 is 22.8 Å². The highest BCUT2D eigenvalue weighted by Gasteiger charge is 2.48. The first-order chi connectivity index (χ1) is 12.2. The van der Waals surface area contributed by atoms with Crippen LogP contribution in [-0.2, 0) is 0 Å². The Bertz CT molecular complexity index is 828. The first kappa shape index (κ1) is 18.0. The second-order valence-electron chi connectivity index (χ2n) is 7.61. The van der Waals surface area contributed by atoms with E-state index in [1.54, 1.807) is 0 Å². The number of fused-ring (bicyclic) bond motifs is 2. The predicted octanol–water partition coefficient (Wildman–Crippen LogP) is 4.67. The van der Waals surface area contributed by atoms with E-state index < -0.39 is 9.85 Å². The molecule has 2 atom stereocenters. The van der Waals surface area contributed by atoms with Gasteiger partial charge in [0.05, 0.1) is 21.6 Å². The van der Waals surface area contributed by atoms with Crippen LogP contribution >= 0.6 is 0 Å². The van der Waals surface area contributed by atoms with E-state index in [1.165, 1.54) is 37.0 Å². The number of nitro benzene ring substituents is 2. The summed E-state index contributed by atoms with van der Waals surface area (Å²) in [6.07, 6.45) is 5.80. The quantitative estimate of drug-likeness (QED) is 0.467. The number of anilines is 1. The number of hydrogen-bond donors (Lipinski definition) is 1. The average molecular weight is 358 g/mol. The van der Waals surface area contributed by atoms with E-state index in [0.717, 1.165) is 17.7 Å². The molecule has 0 saturated heterocycles. The van der Waals surface area contributed by atoms with Gasteiger partial charge in [-0.3, -0.25) is 25.7 Å². The molecule has 2 aliphatic rings. The normalized spacial score (nSPS) is 25.5. The molecular weight excluding hydrogens is 336 g/mol. The van der Waals surface area contributed by atoms with Gasteiger partial charge in [0.25, 0.3) is 5.69 Å². The standard InChI is InChI=1S/C18H22N4O4/c1-11(8-15-12-4-5-13(9-12)18(15,2)3)19-20-16-7-6-14(21(23)24)10-17(16)22(25)26/h6-8,10,12-13,20H,4-5,9H2,1-3H3/b15-8-,19-11+/t12-,13+/m0/s1. The van der Waals surface area contributed by atoms with Gasteiger partial charge in [-0.2, -0.15) is 5.10 Å². The van der Waals surface area contributed by atoms with Crippen LogP contribution in [0.25, 0.3) is 0 Å². The predicted molar refractivity (Wildman–Crippen MR) is 99.2 cm³/mol. The molecule has 0 aliphatic heterocycles. The Kier molecular flexibility index (Phi) is 4.52. The maximum absolute atomic E-state index is 11.2. The molecule has 8 nitrogen and oxygen atoms in total. The highest BCUT2D eigenvalue weighted by molar-refractivity contribution is 5.94. The summed E-state index contributed by atoms with van der Waals surface area (Å²) >= 11 is 0. The molecule has 0 spiro atoms. The van der Waals surface area contributed by atoms with Crippen molar-refractivity contribution in [3.05, 3.63) is 50.1 Å². The number of hydrazone groups is 1. The van der Waals surface area contributed by atoms with Crippen LogP contribution in [-0.4, -0.2) is 15.6 Å². The summed E-state index contributed by atoms with van der Waals surface area (Å²) in [5, 5.41) is 26.2. The summed E-state index contributed by atoms with van der Waals surface area (Å²) < 4.78 is 0. The number of hydrogen-bond acceptors (Lipinski definition) is 6. The molecule has 2 aliphatic carbocycles. The minimum atomic E-state index is -0.660. The Hall–Kier alpha value is -2.77. The van der Waals surface area contributed by atoms with Gasteiger partial charge in [-0.25, -0.2) is 0 Å². The summed E-state index contributed by atoms with van der Waals surface area (Å²) in [6.45, 7) is 6.38. The van der Waals surface area contributed by atoms with E-state index in [4.69, 9.17) is 0 Å². The Morgan fingerprint density at radius 1 is 1.27 bits per heavy atom. The fourth-order valence-corrected chi connectivity index (χ4v) is 4.27. The van der Waals surface area contributed by atoms with Gasteiger partial charge >= 0.3 is 5.69 Å². The highest BCUT2D eigenvalue weighted by Crippen LogP contribution is 2.58. The molecule has 1 N–H and O–H groups in total. The van der Waals surface area contributed by atoms with Crippen molar-refractivity contribution in [3.8, 4) is 0 Å². The Balaban J connectivity index is 1.83. The van der Waals surface area contributed by atoms with Gasteiger partial charge < -0.3 is 0 Å². The van der Waals surface area contributed by atoms with Gasteiger partial charge in [-0.15, -0.1) is 0 Å². The Morgan fingerprint density at radius 2 is 2.00 bits per heavy atom. The van der Waals surface area contributed by atoms with Gasteiger partial charge in [0.15, 0.2) is 0 Å². The van der Waals surface area contributed by atoms with Gasteiger partial charge in [-0.1, -0.05) is 19.4 Å². The Labute approximate surface area is 151 Å². The van der Waals surface area contributed by atoms with Crippen molar-refractivity contribution < 1.29 is 9.85 Å². The molecule has 138 valence electrons. The van der Waals surface area contributed by atoms with E-state index in [2.05, 4.69) is 30.5 Å². The van der Waals surface area contributed by atoms with Crippen LogP contribution in [0.2, 0.25) is 0 Å². The molecule has 0 aromatic heterocycles. The summed E-state index contributed by atoms with van der Waals surface area (Å²) in [7, 11) is 0. The molecule has 0 unspecified atom stereocenters. The second-order valence-corrected chi connectivity index (χ2v) is 7.61. The third-order valence-electron chi connectivity index (χ3n) is 5.74. The topological polar surface area (TPSA) is 111 Å². The SMILES string of the molecule is CC(/C=C1/[C@H]2CC[C@H](C2)C1(C)C)=N\Nc1ccc([N+](=O)[O-])cc1[N+](=O)[O-]. The number of rotatable bonds is 5. The Morgan fingerprint density at radius 3 is 2.58 bits per heavy atom. The van der Waals surface area contributed by atoms with Gasteiger partial charge in [0, 0.05) is 6.07 Å². The molecule has 2 saturated carbocycles. The number of nitrogens with one attached hydrogen (secondary N) is 1. The van der Waals surface area contributed by atoms with E-state index in [1.807, 2.05) is 6.92 Å². The smallest absolute Gasteiger partial charge is 0.271 e. The minimum absolute atomic E-state index is 0.130. The zero-order valence-electron chi connectivity index (χ0n) is 15.1. The van der Waals surface area contributed by atoms with Crippen LogP contribution in [0, 0.1) is 37.5 Å². The highest BCUT2D eigenvalue weighted by atomic mass is 16.6. The largest absolute Gasteiger partial charge is 0.301 e. The number of benzene rings is 1. The molecule has 26 heavy (non-hydrogen) atoms.